The predicted molar refractivity (Wildman–Crippen MR) is 68.6 cm³/mol. The number of halogens is 2. The average molecular weight is 307 g/mol. The van der Waals surface area contributed by atoms with Crippen LogP contribution in [0.25, 0.3) is 6.08 Å². The van der Waals surface area contributed by atoms with E-state index in [1.807, 2.05) is 18.2 Å². The highest BCUT2D eigenvalue weighted by Gasteiger charge is 2.08. The van der Waals surface area contributed by atoms with Gasteiger partial charge in [0.25, 0.3) is 0 Å². The lowest BCUT2D eigenvalue weighted by atomic mass is 10.1. The molecule has 0 heterocycles. The first-order chi connectivity index (χ1) is 6.19. The smallest absolute Gasteiger partial charge is 0.0449 e. The van der Waals surface area contributed by atoms with Crippen LogP contribution in [0.4, 0.5) is 0 Å². The third-order valence-corrected chi connectivity index (χ3v) is 3.85. The normalized spacial score (nSPS) is 12.5. The summed E-state index contributed by atoms with van der Waals surface area (Å²) in [5.74, 6) is 0. The van der Waals surface area contributed by atoms with Crippen LogP contribution in [0.3, 0.4) is 0 Å². The molecule has 1 rings (SSSR count). The average Bonchev–Trinajstić information content (AvgIpc) is 2.17. The number of rotatable bonds is 3. The van der Waals surface area contributed by atoms with Gasteiger partial charge in [0.05, 0.1) is 0 Å². The van der Waals surface area contributed by atoms with Gasteiger partial charge in [0.1, 0.15) is 0 Å². The van der Waals surface area contributed by atoms with Crippen molar-refractivity contribution in [2.24, 2.45) is 0 Å². The van der Waals surface area contributed by atoms with Gasteiger partial charge in [0.2, 0.25) is 0 Å². The molecule has 0 N–H and O–H groups in total. The van der Waals surface area contributed by atoms with Crippen LogP contribution < -0.4 is 0 Å². The molecule has 0 nitrogen and oxygen atoms in total. The Balaban J connectivity index is 3.10. The molecule has 0 bridgehead atoms. The third kappa shape index (κ3) is 2.71. The van der Waals surface area contributed by atoms with Crippen molar-refractivity contribution in [1.29, 1.82) is 0 Å². The van der Waals surface area contributed by atoms with Crippen LogP contribution in [-0.4, -0.2) is 0 Å². The SMILES string of the molecule is C=Cc1ccc(Cl)c(C(I)CC)c1. The van der Waals surface area contributed by atoms with Gasteiger partial charge in [-0.05, 0) is 29.7 Å². The van der Waals surface area contributed by atoms with Gasteiger partial charge in [-0.1, -0.05) is 59.8 Å². The van der Waals surface area contributed by atoms with Crippen molar-refractivity contribution >= 4 is 40.3 Å². The molecular weight excluding hydrogens is 294 g/mol. The van der Waals surface area contributed by atoms with Crippen molar-refractivity contribution in [3.05, 3.63) is 40.9 Å². The van der Waals surface area contributed by atoms with Gasteiger partial charge >= 0.3 is 0 Å². The van der Waals surface area contributed by atoms with Crippen LogP contribution >= 0.6 is 34.2 Å². The van der Waals surface area contributed by atoms with Gasteiger partial charge in [0.15, 0.2) is 0 Å². The molecule has 1 unspecified atom stereocenters. The molecule has 1 aromatic rings. The van der Waals surface area contributed by atoms with Crippen molar-refractivity contribution in [2.75, 3.05) is 0 Å². The molecule has 0 aliphatic rings. The monoisotopic (exact) mass is 306 g/mol. The fourth-order valence-electron chi connectivity index (χ4n) is 1.15. The van der Waals surface area contributed by atoms with Crippen LogP contribution in [-0.2, 0) is 0 Å². The Morgan fingerprint density at radius 2 is 2.31 bits per heavy atom. The molecule has 0 radical (unpaired) electrons. The minimum absolute atomic E-state index is 0.491. The lowest BCUT2D eigenvalue weighted by molar-refractivity contribution is 0.928. The molecule has 0 fully saturated rings. The van der Waals surface area contributed by atoms with Crippen LogP contribution in [0.1, 0.15) is 28.4 Å². The first-order valence-corrected chi connectivity index (χ1v) is 5.87. The number of benzene rings is 1. The fraction of sp³-hybridized carbons (Fsp3) is 0.273. The van der Waals surface area contributed by atoms with E-state index in [2.05, 4.69) is 42.2 Å². The van der Waals surface area contributed by atoms with Crippen LogP contribution in [0, 0.1) is 0 Å². The van der Waals surface area contributed by atoms with Gasteiger partial charge in [-0.25, -0.2) is 0 Å². The molecule has 0 saturated carbocycles. The first-order valence-electron chi connectivity index (χ1n) is 4.25. The topological polar surface area (TPSA) is 0 Å². The van der Waals surface area contributed by atoms with Crippen molar-refractivity contribution in [2.45, 2.75) is 17.3 Å². The second-order valence-corrected chi connectivity index (χ2v) is 4.77. The van der Waals surface area contributed by atoms with Crippen LogP contribution in [0.15, 0.2) is 24.8 Å². The van der Waals surface area contributed by atoms with Crippen molar-refractivity contribution in [1.82, 2.24) is 0 Å². The maximum Gasteiger partial charge on any atom is 0.0449 e. The molecule has 13 heavy (non-hydrogen) atoms. The Morgan fingerprint density at radius 1 is 1.62 bits per heavy atom. The van der Waals surface area contributed by atoms with Gasteiger partial charge in [0, 0.05) is 8.95 Å². The quantitative estimate of drug-likeness (QED) is 0.552. The molecule has 70 valence electrons. The maximum absolute atomic E-state index is 6.09. The van der Waals surface area contributed by atoms with E-state index in [4.69, 9.17) is 11.6 Å². The largest absolute Gasteiger partial charge is 0.0985 e. The molecule has 1 aromatic carbocycles. The van der Waals surface area contributed by atoms with E-state index < -0.39 is 0 Å². The molecule has 2 heteroatoms. The standard InChI is InChI=1S/C11H12ClI/c1-3-8-5-6-10(12)9(7-8)11(13)4-2/h3,5-7,11H,1,4H2,2H3. The molecule has 0 aliphatic heterocycles. The third-order valence-electron chi connectivity index (χ3n) is 1.95. The van der Waals surface area contributed by atoms with Crippen molar-refractivity contribution in [3.63, 3.8) is 0 Å². The Bertz CT molecular complexity index is 307. The van der Waals surface area contributed by atoms with Gasteiger partial charge in [-0.15, -0.1) is 0 Å². The van der Waals surface area contributed by atoms with E-state index in [9.17, 15) is 0 Å². The predicted octanol–water partition coefficient (Wildman–Crippen LogP) is 4.87. The van der Waals surface area contributed by atoms with Gasteiger partial charge in [-0.2, -0.15) is 0 Å². The van der Waals surface area contributed by atoms with E-state index >= 15 is 0 Å². The lowest BCUT2D eigenvalue weighted by Gasteiger charge is -2.10. The minimum Gasteiger partial charge on any atom is -0.0985 e. The summed E-state index contributed by atoms with van der Waals surface area (Å²) in [5, 5.41) is 0.854. The second kappa shape index (κ2) is 5.01. The summed E-state index contributed by atoms with van der Waals surface area (Å²) in [7, 11) is 0. The van der Waals surface area contributed by atoms with Crippen LogP contribution in [0.5, 0.6) is 0 Å². The zero-order valence-corrected chi connectivity index (χ0v) is 10.5. The Hall–Kier alpha value is -0.0200. The fourth-order valence-corrected chi connectivity index (χ4v) is 2.10. The number of hydrogen-bond donors (Lipinski definition) is 0. The van der Waals surface area contributed by atoms with E-state index in [0.29, 0.717) is 3.92 Å². The van der Waals surface area contributed by atoms with Crippen molar-refractivity contribution in [3.8, 4) is 0 Å². The summed E-state index contributed by atoms with van der Waals surface area (Å²) < 4.78 is 0.491. The van der Waals surface area contributed by atoms with Crippen LogP contribution in [0.2, 0.25) is 5.02 Å². The molecular formula is C11H12ClI. The molecule has 0 saturated heterocycles. The van der Waals surface area contributed by atoms with Crippen molar-refractivity contribution < 1.29 is 0 Å². The summed E-state index contributed by atoms with van der Waals surface area (Å²) in [6.07, 6.45) is 2.94. The first kappa shape index (κ1) is 11.1. The number of alkyl halides is 1. The summed E-state index contributed by atoms with van der Waals surface area (Å²) in [6.45, 7) is 5.90. The van der Waals surface area contributed by atoms with Gasteiger partial charge < -0.3 is 0 Å². The summed E-state index contributed by atoms with van der Waals surface area (Å²) in [4.78, 5) is 0. The second-order valence-electron chi connectivity index (χ2n) is 2.86. The number of hydrogen-bond acceptors (Lipinski definition) is 0. The molecule has 1 atom stereocenters. The Morgan fingerprint density at radius 3 is 2.85 bits per heavy atom. The molecule has 0 amide bonds. The Kier molecular flexibility index (Phi) is 4.26. The summed E-state index contributed by atoms with van der Waals surface area (Å²) in [6, 6.07) is 6.03. The van der Waals surface area contributed by atoms with E-state index in [-0.39, 0.29) is 0 Å². The molecule has 0 aromatic heterocycles. The van der Waals surface area contributed by atoms with E-state index in [1.165, 1.54) is 5.56 Å². The zero-order valence-electron chi connectivity index (χ0n) is 7.56. The zero-order chi connectivity index (χ0) is 9.84. The maximum atomic E-state index is 6.09. The summed E-state index contributed by atoms with van der Waals surface area (Å²) >= 11 is 8.50. The molecule has 0 aliphatic carbocycles. The van der Waals surface area contributed by atoms with Gasteiger partial charge in [-0.3, -0.25) is 0 Å². The Labute approximate surface area is 98.1 Å². The highest BCUT2D eigenvalue weighted by atomic mass is 127. The van der Waals surface area contributed by atoms with E-state index in [1.54, 1.807) is 0 Å². The highest BCUT2D eigenvalue weighted by Crippen LogP contribution is 2.33. The highest BCUT2D eigenvalue weighted by molar-refractivity contribution is 14.1. The minimum atomic E-state index is 0.491. The lowest BCUT2D eigenvalue weighted by Crippen LogP contribution is -1.89. The van der Waals surface area contributed by atoms with E-state index in [0.717, 1.165) is 17.0 Å². The summed E-state index contributed by atoms with van der Waals surface area (Å²) in [5.41, 5.74) is 2.34. The molecule has 0 spiro atoms.